The minimum absolute atomic E-state index is 0.0519. The van der Waals surface area contributed by atoms with E-state index in [1.54, 1.807) is 0 Å². The summed E-state index contributed by atoms with van der Waals surface area (Å²) in [5, 5.41) is 2.91. The second-order valence-corrected chi connectivity index (χ2v) is 9.85. The van der Waals surface area contributed by atoms with Crippen molar-refractivity contribution >= 4 is 23.3 Å². The molecule has 0 aromatic heterocycles. The number of ketones is 3. The Morgan fingerprint density at radius 2 is 1.78 bits per heavy atom. The summed E-state index contributed by atoms with van der Waals surface area (Å²) < 4.78 is 0. The zero-order valence-electron chi connectivity index (χ0n) is 17.1. The van der Waals surface area contributed by atoms with Crippen molar-refractivity contribution in [3.63, 3.8) is 0 Å². The molecule has 3 saturated carbocycles. The van der Waals surface area contributed by atoms with Crippen LogP contribution in [0.15, 0.2) is 0 Å². The van der Waals surface area contributed by atoms with Crippen LogP contribution in [0.1, 0.15) is 72.6 Å². The van der Waals surface area contributed by atoms with E-state index in [0.717, 1.165) is 6.42 Å². The van der Waals surface area contributed by atoms with Crippen molar-refractivity contribution in [1.29, 1.82) is 0 Å². The lowest BCUT2D eigenvalue weighted by molar-refractivity contribution is -0.160. The van der Waals surface area contributed by atoms with E-state index >= 15 is 0 Å². The molecule has 3 aliphatic rings. The molecule has 3 fully saturated rings. The van der Waals surface area contributed by atoms with E-state index in [2.05, 4.69) is 5.32 Å². The Morgan fingerprint density at radius 3 is 2.44 bits per heavy atom. The van der Waals surface area contributed by atoms with Crippen molar-refractivity contribution in [3.8, 4) is 0 Å². The van der Waals surface area contributed by atoms with Crippen LogP contribution in [0, 0.1) is 34.5 Å². The zero-order chi connectivity index (χ0) is 20.0. The summed E-state index contributed by atoms with van der Waals surface area (Å²) in [4.78, 5) is 50.7. The quantitative estimate of drug-likeness (QED) is 0.801. The maximum absolute atomic E-state index is 13.1. The number of carbonyl (C=O) groups excluding carboxylic acids is 4. The number of rotatable bonds is 5. The largest absolute Gasteiger partial charge is 0.356 e. The highest BCUT2D eigenvalue weighted by Crippen LogP contribution is 2.60. The Labute approximate surface area is 162 Å². The first kappa shape index (κ1) is 20.2. The van der Waals surface area contributed by atoms with Gasteiger partial charge in [-0.25, -0.2) is 0 Å². The molecule has 0 aromatic rings. The zero-order valence-corrected chi connectivity index (χ0v) is 17.1. The fraction of sp³-hybridized carbons (Fsp3) is 0.818. The molecule has 0 radical (unpaired) electrons. The number of nitrogens with one attached hydrogen (secondary N) is 1. The number of hydrogen-bond acceptors (Lipinski definition) is 4. The number of Topliss-reactive ketones (excluding diaryl/α,β-unsaturated/α-hetero) is 3. The highest BCUT2D eigenvalue weighted by atomic mass is 16.2. The van der Waals surface area contributed by atoms with Gasteiger partial charge < -0.3 is 5.32 Å². The molecule has 5 heteroatoms. The van der Waals surface area contributed by atoms with Crippen LogP contribution in [0.2, 0.25) is 0 Å². The normalized spacial score (nSPS) is 38.7. The van der Waals surface area contributed by atoms with Gasteiger partial charge in [0.2, 0.25) is 5.91 Å². The third-order valence-electron chi connectivity index (χ3n) is 7.58. The van der Waals surface area contributed by atoms with Crippen LogP contribution >= 0.6 is 0 Å². The molecule has 0 aliphatic heterocycles. The van der Waals surface area contributed by atoms with Gasteiger partial charge in [-0.05, 0) is 37.0 Å². The van der Waals surface area contributed by atoms with Crippen molar-refractivity contribution in [3.05, 3.63) is 0 Å². The lowest BCUT2D eigenvalue weighted by Gasteiger charge is -2.52. The van der Waals surface area contributed by atoms with Crippen LogP contribution in [-0.2, 0) is 19.2 Å². The third kappa shape index (κ3) is 3.38. The van der Waals surface area contributed by atoms with E-state index in [0.29, 0.717) is 38.1 Å². The van der Waals surface area contributed by atoms with E-state index in [-0.39, 0.29) is 53.9 Å². The first-order valence-corrected chi connectivity index (χ1v) is 10.5. The lowest BCUT2D eigenvalue weighted by atomic mass is 9.48. The summed E-state index contributed by atoms with van der Waals surface area (Å²) in [6.45, 7) is 8.54. The standard InChI is InChI=1S/C22H33NO4/c1-13(2)12-23-19(27)9-10-21(3)17(25)7-5-14-15-6-8-18(26)22(15,4)11-16(24)20(14)21/h13-15,20H,5-12H2,1-4H3,(H,23,27)/t14-,15-,20+,21-,22-/m0/s1. The van der Waals surface area contributed by atoms with Gasteiger partial charge in [-0.1, -0.05) is 27.7 Å². The molecule has 0 heterocycles. The first-order chi connectivity index (χ1) is 12.6. The summed E-state index contributed by atoms with van der Waals surface area (Å²) in [5.41, 5.74) is -1.31. The van der Waals surface area contributed by atoms with Crippen LogP contribution in [0.25, 0.3) is 0 Å². The van der Waals surface area contributed by atoms with Gasteiger partial charge in [0, 0.05) is 49.0 Å². The minimum Gasteiger partial charge on any atom is -0.356 e. The number of fused-ring (bicyclic) bond motifs is 3. The van der Waals surface area contributed by atoms with E-state index in [4.69, 9.17) is 0 Å². The smallest absolute Gasteiger partial charge is 0.220 e. The molecule has 3 rings (SSSR count). The van der Waals surface area contributed by atoms with Gasteiger partial charge in [0.1, 0.15) is 17.3 Å². The Morgan fingerprint density at radius 1 is 1.11 bits per heavy atom. The Hall–Kier alpha value is -1.52. The molecular weight excluding hydrogens is 342 g/mol. The fourth-order valence-corrected chi connectivity index (χ4v) is 5.98. The predicted octanol–water partition coefficient (Wildman–Crippen LogP) is 3.10. The second-order valence-electron chi connectivity index (χ2n) is 9.85. The van der Waals surface area contributed by atoms with Gasteiger partial charge >= 0.3 is 0 Å². The maximum Gasteiger partial charge on any atom is 0.220 e. The molecule has 0 unspecified atom stereocenters. The molecule has 1 N–H and O–H groups in total. The summed E-state index contributed by atoms with van der Waals surface area (Å²) in [6.07, 6.45) is 3.51. The Balaban J connectivity index is 1.79. The van der Waals surface area contributed by atoms with E-state index < -0.39 is 10.8 Å². The summed E-state index contributed by atoms with van der Waals surface area (Å²) >= 11 is 0. The van der Waals surface area contributed by atoms with Crippen LogP contribution in [0.3, 0.4) is 0 Å². The molecule has 0 bridgehead atoms. The predicted molar refractivity (Wildman–Crippen MR) is 102 cm³/mol. The molecule has 0 aromatic carbocycles. The third-order valence-corrected chi connectivity index (χ3v) is 7.58. The van der Waals surface area contributed by atoms with E-state index in [1.165, 1.54) is 0 Å². The van der Waals surface area contributed by atoms with Gasteiger partial charge in [-0.2, -0.15) is 0 Å². The van der Waals surface area contributed by atoms with Crippen molar-refractivity contribution in [2.45, 2.75) is 72.6 Å². The van der Waals surface area contributed by atoms with E-state index in [1.807, 2.05) is 27.7 Å². The van der Waals surface area contributed by atoms with Gasteiger partial charge in [0.15, 0.2) is 0 Å². The highest BCUT2D eigenvalue weighted by Gasteiger charge is 2.62. The lowest BCUT2D eigenvalue weighted by Crippen LogP contribution is -2.56. The molecular formula is C22H33NO4. The molecule has 5 atom stereocenters. The van der Waals surface area contributed by atoms with Gasteiger partial charge in [0.25, 0.3) is 0 Å². The molecule has 0 saturated heterocycles. The fourth-order valence-electron chi connectivity index (χ4n) is 5.98. The van der Waals surface area contributed by atoms with Gasteiger partial charge in [-0.3, -0.25) is 19.2 Å². The van der Waals surface area contributed by atoms with Gasteiger partial charge in [0.05, 0.1) is 0 Å². The van der Waals surface area contributed by atoms with Crippen LogP contribution in [0.4, 0.5) is 0 Å². The van der Waals surface area contributed by atoms with Crippen molar-refractivity contribution < 1.29 is 19.2 Å². The average molecular weight is 376 g/mol. The monoisotopic (exact) mass is 375 g/mol. The van der Waals surface area contributed by atoms with Crippen molar-refractivity contribution in [2.24, 2.45) is 34.5 Å². The number of amides is 1. The van der Waals surface area contributed by atoms with Crippen LogP contribution < -0.4 is 5.32 Å². The second kappa shape index (κ2) is 7.14. The molecule has 27 heavy (non-hydrogen) atoms. The topological polar surface area (TPSA) is 80.3 Å². The van der Waals surface area contributed by atoms with E-state index in [9.17, 15) is 19.2 Å². The first-order valence-electron chi connectivity index (χ1n) is 10.5. The molecule has 1 amide bonds. The minimum atomic E-state index is -0.776. The molecule has 3 aliphatic carbocycles. The Bertz CT molecular complexity index is 669. The van der Waals surface area contributed by atoms with Crippen molar-refractivity contribution in [2.75, 3.05) is 6.54 Å². The number of carbonyl (C=O) groups is 4. The van der Waals surface area contributed by atoms with Gasteiger partial charge in [-0.15, -0.1) is 0 Å². The average Bonchev–Trinajstić information content (AvgIpc) is 2.89. The summed E-state index contributed by atoms with van der Waals surface area (Å²) in [6, 6.07) is 0. The molecule has 0 spiro atoms. The maximum atomic E-state index is 13.1. The number of hydrogen-bond donors (Lipinski definition) is 1. The van der Waals surface area contributed by atoms with Crippen LogP contribution in [0.5, 0.6) is 0 Å². The Kier molecular flexibility index (Phi) is 5.35. The van der Waals surface area contributed by atoms with Crippen LogP contribution in [-0.4, -0.2) is 29.8 Å². The molecule has 5 nitrogen and oxygen atoms in total. The molecule has 150 valence electrons. The highest BCUT2D eigenvalue weighted by molar-refractivity contribution is 5.99. The summed E-state index contributed by atoms with van der Waals surface area (Å²) in [7, 11) is 0. The summed E-state index contributed by atoms with van der Waals surface area (Å²) in [5.74, 6) is 0.686. The SMILES string of the molecule is CC(C)CNC(=O)CC[C@@]1(C)C(=O)CC[C@@H]2[C@@H]1C(=O)C[C@]1(C)C(=O)CC[C@@H]21. The van der Waals surface area contributed by atoms with Crippen molar-refractivity contribution in [1.82, 2.24) is 5.32 Å².